The van der Waals surface area contributed by atoms with Gasteiger partial charge in [-0.15, -0.1) is 0 Å². The second-order valence-corrected chi connectivity index (χ2v) is 5.95. The van der Waals surface area contributed by atoms with Crippen molar-refractivity contribution in [2.45, 2.75) is 31.7 Å². The van der Waals surface area contributed by atoms with Crippen molar-refractivity contribution < 1.29 is 13.6 Å². The van der Waals surface area contributed by atoms with Gasteiger partial charge in [0.15, 0.2) is 5.82 Å². The average Bonchev–Trinajstić information content (AvgIpc) is 2.67. The van der Waals surface area contributed by atoms with Crippen LogP contribution in [0.25, 0.3) is 11.4 Å². The molecule has 0 bridgehead atoms. The fraction of sp³-hybridized carbons (Fsp3) is 0.389. The van der Waals surface area contributed by atoms with Crippen molar-refractivity contribution >= 4 is 11.7 Å². The van der Waals surface area contributed by atoms with Gasteiger partial charge in [0.25, 0.3) is 6.43 Å². The van der Waals surface area contributed by atoms with Crippen LogP contribution < -0.4 is 10.2 Å². The lowest BCUT2D eigenvalue weighted by atomic mass is 10.0. The summed E-state index contributed by atoms with van der Waals surface area (Å²) in [5.74, 6) is 0.848. The van der Waals surface area contributed by atoms with Crippen molar-refractivity contribution in [3.8, 4) is 11.4 Å². The lowest BCUT2D eigenvalue weighted by Crippen LogP contribution is -2.50. The molecule has 1 N–H and O–H groups in total. The van der Waals surface area contributed by atoms with Crippen LogP contribution in [-0.2, 0) is 4.79 Å². The van der Waals surface area contributed by atoms with Crippen LogP contribution in [0.1, 0.15) is 19.3 Å². The molecule has 7 heteroatoms. The Morgan fingerprint density at radius 3 is 2.80 bits per heavy atom. The number of carbonyl (C=O) groups excluding carboxylic acids is 1. The molecule has 1 amide bonds. The molecule has 5 nitrogen and oxygen atoms in total. The van der Waals surface area contributed by atoms with E-state index in [2.05, 4.69) is 15.3 Å². The van der Waals surface area contributed by atoms with Crippen LogP contribution >= 0.6 is 0 Å². The third kappa shape index (κ3) is 4.29. The predicted octanol–water partition coefficient (Wildman–Crippen LogP) is 2.88. The molecule has 2 aromatic rings. The van der Waals surface area contributed by atoms with E-state index in [0.717, 1.165) is 18.4 Å². The Hall–Kier alpha value is -2.57. The maximum atomic E-state index is 12.4. The van der Waals surface area contributed by atoms with Gasteiger partial charge in [-0.3, -0.25) is 4.79 Å². The first-order chi connectivity index (χ1) is 12.1. The van der Waals surface area contributed by atoms with Gasteiger partial charge < -0.3 is 10.2 Å². The van der Waals surface area contributed by atoms with Gasteiger partial charge in [0.1, 0.15) is 11.9 Å². The summed E-state index contributed by atoms with van der Waals surface area (Å²) < 4.78 is 24.7. The van der Waals surface area contributed by atoms with E-state index in [4.69, 9.17) is 0 Å². The van der Waals surface area contributed by atoms with E-state index in [0.29, 0.717) is 24.6 Å². The summed E-state index contributed by atoms with van der Waals surface area (Å²) in [5.41, 5.74) is 0.889. The van der Waals surface area contributed by atoms with Crippen molar-refractivity contribution in [1.82, 2.24) is 15.3 Å². The number of hydrogen-bond acceptors (Lipinski definition) is 4. The zero-order chi connectivity index (χ0) is 17.6. The van der Waals surface area contributed by atoms with Crippen LogP contribution in [0.4, 0.5) is 14.6 Å². The highest BCUT2D eigenvalue weighted by Crippen LogP contribution is 2.25. The molecule has 1 fully saturated rings. The predicted molar refractivity (Wildman–Crippen MR) is 91.5 cm³/mol. The minimum atomic E-state index is -2.55. The number of carbonyl (C=O) groups is 1. The number of nitrogens with one attached hydrogen (secondary N) is 1. The summed E-state index contributed by atoms with van der Waals surface area (Å²) in [6.45, 7) is 0.0419. The van der Waals surface area contributed by atoms with Crippen LogP contribution in [0.5, 0.6) is 0 Å². The topological polar surface area (TPSA) is 58.1 Å². The van der Waals surface area contributed by atoms with Crippen molar-refractivity contribution in [3.05, 3.63) is 42.6 Å². The van der Waals surface area contributed by atoms with Crippen LogP contribution in [0.15, 0.2) is 42.6 Å². The Morgan fingerprint density at radius 2 is 2.04 bits per heavy atom. The highest BCUT2D eigenvalue weighted by Gasteiger charge is 2.30. The van der Waals surface area contributed by atoms with E-state index in [9.17, 15) is 13.6 Å². The summed E-state index contributed by atoms with van der Waals surface area (Å²) >= 11 is 0. The minimum Gasteiger partial charge on any atom is -0.349 e. The fourth-order valence-corrected chi connectivity index (χ4v) is 3.01. The molecular weight excluding hydrogens is 326 g/mol. The van der Waals surface area contributed by atoms with Crippen LogP contribution in [0, 0.1) is 0 Å². The minimum absolute atomic E-state index is 0.375. The molecule has 25 heavy (non-hydrogen) atoms. The number of anilines is 1. The number of piperidine rings is 1. The molecule has 1 aliphatic heterocycles. The fourth-order valence-electron chi connectivity index (χ4n) is 3.01. The smallest absolute Gasteiger partial charge is 0.255 e. The number of rotatable bonds is 5. The quantitative estimate of drug-likeness (QED) is 0.904. The number of benzene rings is 1. The lowest BCUT2D eigenvalue weighted by molar-refractivity contribution is -0.123. The Morgan fingerprint density at radius 1 is 1.24 bits per heavy atom. The maximum absolute atomic E-state index is 12.4. The summed E-state index contributed by atoms with van der Waals surface area (Å²) in [6.07, 6.45) is 1.56. The monoisotopic (exact) mass is 346 g/mol. The van der Waals surface area contributed by atoms with Crippen molar-refractivity contribution in [2.75, 3.05) is 18.0 Å². The normalized spacial score (nSPS) is 17.6. The van der Waals surface area contributed by atoms with Gasteiger partial charge in [-0.1, -0.05) is 30.3 Å². The van der Waals surface area contributed by atoms with Crippen molar-refractivity contribution in [1.29, 1.82) is 0 Å². The SMILES string of the molecule is O=C(NCC(F)F)[C@@H]1CCCCN1c1ccnc(-c2ccccc2)n1. The Kier molecular flexibility index (Phi) is 5.53. The molecule has 0 unspecified atom stereocenters. The van der Waals surface area contributed by atoms with Gasteiger partial charge in [0.05, 0.1) is 6.54 Å². The van der Waals surface area contributed by atoms with E-state index in [1.165, 1.54) is 0 Å². The zero-order valence-electron chi connectivity index (χ0n) is 13.7. The van der Waals surface area contributed by atoms with Crippen LogP contribution in [-0.4, -0.2) is 41.4 Å². The molecule has 1 aromatic heterocycles. The Labute approximate surface area is 145 Å². The van der Waals surface area contributed by atoms with Gasteiger partial charge in [0, 0.05) is 18.3 Å². The van der Waals surface area contributed by atoms with Gasteiger partial charge in [-0.2, -0.15) is 0 Å². The first kappa shape index (κ1) is 17.3. The standard InChI is InChI=1S/C18H20F2N4O/c19-15(20)12-22-18(25)14-8-4-5-11-24(14)16-9-10-21-17(23-16)13-6-2-1-3-7-13/h1-3,6-7,9-10,14-15H,4-5,8,11-12H2,(H,22,25)/t14-/m0/s1. The number of amides is 1. The van der Waals surface area contributed by atoms with Gasteiger partial charge in [-0.05, 0) is 25.3 Å². The first-order valence-corrected chi connectivity index (χ1v) is 8.36. The molecule has 3 rings (SSSR count). The summed E-state index contributed by atoms with van der Waals surface area (Å²) in [7, 11) is 0. The van der Waals surface area contributed by atoms with Crippen molar-refractivity contribution in [2.24, 2.45) is 0 Å². The highest BCUT2D eigenvalue weighted by atomic mass is 19.3. The molecule has 1 aromatic carbocycles. The molecule has 132 valence electrons. The van der Waals surface area contributed by atoms with Crippen LogP contribution in [0.3, 0.4) is 0 Å². The maximum Gasteiger partial charge on any atom is 0.255 e. The largest absolute Gasteiger partial charge is 0.349 e. The molecule has 2 heterocycles. The molecule has 0 aliphatic carbocycles. The molecule has 1 saturated heterocycles. The van der Waals surface area contributed by atoms with E-state index in [1.807, 2.05) is 35.2 Å². The van der Waals surface area contributed by atoms with Gasteiger partial charge >= 0.3 is 0 Å². The average molecular weight is 346 g/mol. The van der Waals surface area contributed by atoms with Crippen molar-refractivity contribution in [3.63, 3.8) is 0 Å². The summed E-state index contributed by atoms with van der Waals surface area (Å²) in [4.78, 5) is 23.1. The number of nitrogens with zero attached hydrogens (tertiary/aromatic N) is 3. The van der Waals surface area contributed by atoms with E-state index in [1.54, 1.807) is 12.3 Å². The van der Waals surface area contributed by atoms with Gasteiger partial charge in [0.2, 0.25) is 5.91 Å². The number of alkyl halides is 2. The number of halogens is 2. The van der Waals surface area contributed by atoms with Crippen LogP contribution in [0.2, 0.25) is 0 Å². The third-order valence-corrected chi connectivity index (χ3v) is 4.20. The van der Waals surface area contributed by atoms with E-state index < -0.39 is 19.0 Å². The third-order valence-electron chi connectivity index (χ3n) is 4.20. The molecular formula is C18H20F2N4O. The Bertz CT molecular complexity index is 711. The zero-order valence-corrected chi connectivity index (χ0v) is 13.7. The van der Waals surface area contributed by atoms with E-state index >= 15 is 0 Å². The Balaban J connectivity index is 1.82. The second-order valence-electron chi connectivity index (χ2n) is 5.95. The molecule has 1 atom stereocenters. The number of hydrogen-bond donors (Lipinski definition) is 1. The lowest BCUT2D eigenvalue weighted by Gasteiger charge is -2.35. The molecule has 1 aliphatic rings. The second kappa shape index (κ2) is 8.00. The molecule has 0 saturated carbocycles. The molecule has 0 spiro atoms. The van der Waals surface area contributed by atoms with E-state index in [-0.39, 0.29) is 5.91 Å². The molecule has 0 radical (unpaired) electrons. The summed E-state index contributed by atoms with van der Waals surface area (Å²) in [5, 5.41) is 2.32. The van der Waals surface area contributed by atoms with Gasteiger partial charge in [-0.25, -0.2) is 18.7 Å². The number of aromatic nitrogens is 2. The first-order valence-electron chi connectivity index (χ1n) is 8.36. The summed E-state index contributed by atoms with van der Waals surface area (Å²) in [6, 6.07) is 10.8. The highest BCUT2D eigenvalue weighted by molar-refractivity contribution is 5.85.